The third kappa shape index (κ3) is 5.28. The molecule has 0 unspecified atom stereocenters. The number of nitrogens with zero attached hydrogens (tertiary/aromatic N) is 4. The van der Waals surface area contributed by atoms with Crippen molar-refractivity contribution >= 4 is 45.7 Å². The molecule has 2 amide bonds. The molecule has 0 radical (unpaired) electrons. The molecule has 2 aliphatic heterocycles. The van der Waals surface area contributed by atoms with E-state index in [4.69, 9.17) is 16.1 Å². The summed E-state index contributed by atoms with van der Waals surface area (Å²) in [5.41, 5.74) is 2.39. The summed E-state index contributed by atoms with van der Waals surface area (Å²) in [6.45, 7) is 7.19. The van der Waals surface area contributed by atoms with Crippen LogP contribution in [0.3, 0.4) is 0 Å². The highest BCUT2D eigenvalue weighted by Crippen LogP contribution is 2.32. The number of aromatic nitrogens is 2. The molecule has 3 aromatic heterocycles. The van der Waals surface area contributed by atoms with Crippen molar-refractivity contribution in [2.45, 2.75) is 51.4 Å². The Kier molecular flexibility index (Phi) is 7.43. The Labute approximate surface area is 241 Å². The van der Waals surface area contributed by atoms with E-state index in [9.17, 15) is 14.7 Å². The zero-order chi connectivity index (χ0) is 28.0. The van der Waals surface area contributed by atoms with Gasteiger partial charge in [-0.1, -0.05) is 22.8 Å². The molecular formula is C29H32ClN5O4S. The Hall–Kier alpha value is -3.18. The molecule has 210 valence electrons. The Balaban J connectivity index is 1.32. The summed E-state index contributed by atoms with van der Waals surface area (Å²) >= 11 is 7.51. The lowest BCUT2D eigenvalue weighted by Gasteiger charge is -2.36. The Bertz CT molecular complexity index is 1540. The standard InChI is InChI=1S/C29H32ClN5O4S/c1-17(2)33-10-8-18(9-11-33)31-28(37)24-13-22-21(29(38)34-15-20(36)16-34)4-3-5-23(22)35(24)14-19-12-25(39-32-19)26-6-7-27(30)40-26/h3-7,12-13,17-18,20,36H,8-11,14-16H2,1-2H3,(H,31,37). The van der Waals surface area contributed by atoms with Crippen LogP contribution in [0.25, 0.3) is 21.5 Å². The minimum absolute atomic E-state index is 0.0832. The number of benzene rings is 1. The van der Waals surface area contributed by atoms with Gasteiger partial charge in [-0.25, -0.2) is 0 Å². The van der Waals surface area contributed by atoms with Crippen LogP contribution >= 0.6 is 22.9 Å². The molecule has 40 heavy (non-hydrogen) atoms. The molecule has 5 heterocycles. The molecule has 2 fully saturated rings. The predicted molar refractivity (Wildman–Crippen MR) is 155 cm³/mol. The van der Waals surface area contributed by atoms with Gasteiger partial charge in [-0.2, -0.15) is 0 Å². The predicted octanol–water partition coefficient (Wildman–Crippen LogP) is 4.48. The third-order valence-electron chi connectivity index (χ3n) is 7.85. The number of hydrogen-bond acceptors (Lipinski definition) is 7. The van der Waals surface area contributed by atoms with Crippen molar-refractivity contribution in [2.75, 3.05) is 26.2 Å². The SMILES string of the molecule is CC(C)N1CCC(NC(=O)c2cc3c(C(=O)N4CC(O)C4)cccc3n2Cc2cc(-c3ccc(Cl)s3)on2)CC1. The molecule has 2 aliphatic rings. The molecule has 9 nitrogen and oxygen atoms in total. The van der Waals surface area contributed by atoms with Gasteiger partial charge in [-0.05, 0) is 57.0 Å². The molecule has 2 N–H and O–H groups in total. The molecule has 4 aromatic rings. The van der Waals surface area contributed by atoms with E-state index in [0.29, 0.717) is 58.1 Å². The number of piperidine rings is 1. The zero-order valence-electron chi connectivity index (χ0n) is 22.5. The van der Waals surface area contributed by atoms with Crippen molar-refractivity contribution in [1.29, 1.82) is 0 Å². The minimum atomic E-state index is -0.490. The maximum absolute atomic E-state index is 13.7. The number of β-amino-alcohol motifs (C(OH)–C–C–N with tert-alkyl or cyclic N) is 1. The molecule has 0 bridgehead atoms. The summed E-state index contributed by atoms with van der Waals surface area (Å²) in [4.78, 5) is 31.9. The van der Waals surface area contributed by atoms with Crippen molar-refractivity contribution < 1.29 is 19.2 Å². The summed E-state index contributed by atoms with van der Waals surface area (Å²) in [6.07, 6.45) is 1.29. The van der Waals surface area contributed by atoms with Crippen LogP contribution in [-0.4, -0.2) is 80.8 Å². The number of aliphatic hydroxyl groups excluding tert-OH is 1. The lowest BCUT2D eigenvalue weighted by molar-refractivity contribution is 0.00603. The van der Waals surface area contributed by atoms with Crippen molar-refractivity contribution in [3.63, 3.8) is 0 Å². The van der Waals surface area contributed by atoms with E-state index in [2.05, 4.69) is 29.2 Å². The van der Waals surface area contributed by atoms with E-state index in [1.54, 1.807) is 17.0 Å². The number of nitrogens with one attached hydrogen (secondary N) is 1. The van der Waals surface area contributed by atoms with Crippen molar-refractivity contribution in [3.8, 4) is 10.6 Å². The summed E-state index contributed by atoms with van der Waals surface area (Å²) < 4.78 is 8.16. The van der Waals surface area contributed by atoms with Gasteiger partial charge in [0.15, 0.2) is 5.76 Å². The van der Waals surface area contributed by atoms with E-state index in [1.165, 1.54) is 11.3 Å². The largest absolute Gasteiger partial charge is 0.389 e. The fourth-order valence-electron chi connectivity index (χ4n) is 5.55. The number of halogens is 1. The number of fused-ring (bicyclic) bond motifs is 1. The topological polar surface area (TPSA) is 104 Å². The van der Waals surface area contributed by atoms with Crippen molar-refractivity contribution in [2.24, 2.45) is 0 Å². The quantitative estimate of drug-likeness (QED) is 0.334. The van der Waals surface area contributed by atoms with Gasteiger partial charge >= 0.3 is 0 Å². The minimum Gasteiger partial charge on any atom is -0.389 e. The lowest BCUT2D eigenvalue weighted by Crippen LogP contribution is -2.53. The molecule has 0 aliphatic carbocycles. The summed E-state index contributed by atoms with van der Waals surface area (Å²) in [5.74, 6) is 0.281. The van der Waals surface area contributed by atoms with Gasteiger partial charge < -0.3 is 29.3 Å². The van der Waals surface area contributed by atoms with Crippen LogP contribution in [-0.2, 0) is 6.54 Å². The van der Waals surface area contributed by atoms with Crippen LogP contribution in [0.15, 0.2) is 47.0 Å². The van der Waals surface area contributed by atoms with E-state index < -0.39 is 6.10 Å². The summed E-state index contributed by atoms with van der Waals surface area (Å²) in [6, 6.07) is 13.4. The highest BCUT2D eigenvalue weighted by Gasteiger charge is 2.31. The Morgan fingerprint density at radius 3 is 2.62 bits per heavy atom. The van der Waals surface area contributed by atoms with Crippen LogP contribution < -0.4 is 5.32 Å². The highest BCUT2D eigenvalue weighted by atomic mass is 35.5. The summed E-state index contributed by atoms with van der Waals surface area (Å²) in [5, 5.41) is 17.9. The van der Waals surface area contributed by atoms with E-state index in [0.717, 1.165) is 36.3 Å². The van der Waals surface area contributed by atoms with Crippen molar-refractivity contribution in [1.82, 2.24) is 24.8 Å². The molecule has 0 atom stereocenters. The first-order valence-electron chi connectivity index (χ1n) is 13.6. The van der Waals surface area contributed by atoms with Gasteiger partial charge in [0.25, 0.3) is 11.8 Å². The fourth-order valence-corrected chi connectivity index (χ4v) is 6.54. The number of likely N-dealkylation sites (tertiary alicyclic amines) is 2. The van der Waals surface area contributed by atoms with Gasteiger partial charge in [0.2, 0.25) is 0 Å². The van der Waals surface area contributed by atoms with Crippen LogP contribution in [0.2, 0.25) is 4.34 Å². The second-order valence-electron chi connectivity index (χ2n) is 10.9. The fraction of sp³-hybridized carbons (Fsp3) is 0.414. The molecule has 0 saturated carbocycles. The molecule has 2 saturated heterocycles. The molecular weight excluding hydrogens is 550 g/mol. The van der Waals surface area contributed by atoms with Gasteiger partial charge in [0.1, 0.15) is 11.4 Å². The normalized spacial score (nSPS) is 17.1. The second-order valence-corrected chi connectivity index (χ2v) is 12.6. The third-order valence-corrected chi connectivity index (χ3v) is 9.09. The number of aliphatic hydroxyl groups is 1. The maximum atomic E-state index is 13.7. The number of hydrogen-bond donors (Lipinski definition) is 2. The van der Waals surface area contributed by atoms with Crippen LogP contribution in [0.4, 0.5) is 0 Å². The number of thiophene rings is 1. The van der Waals surface area contributed by atoms with Gasteiger partial charge in [0.05, 0.1) is 21.9 Å². The van der Waals surface area contributed by atoms with Crippen LogP contribution in [0.1, 0.15) is 53.2 Å². The van der Waals surface area contributed by atoms with Crippen molar-refractivity contribution in [3.05, 3.63) is 63.8 Å². The average molecular weight is 582 g/mol. The van der Waals surface area contributed by atoms with E-state index in [1.807, 2.05) is 34.9 Å². The van der Waals surface area contributed by atoms with E-state index in [-0.39, 0.29) is 17.9 Å². The first-order chi connectivity index (χ1) is 19.3. The van der Waals surface area contributed by atoms with Gasteiger partial charge in [0, 0.05) is 60.8 Å². The number of amides is 2. The Morgan fingerprint density at radius 2 is 1.95 bits per heavy atom. The van der Waals surface area contributed by atoms with E-state index >= 15 is 0 Å². The first-order valence-corrected chi connectivity index (χ1v) is 14.8. The molecule has 6 rings (SSSR count). The highest BCUT2D eigenvalue weighted by molar-refractivity contribution is 7.19. The first kappa shape index (κ1) is 27.0. The molecule has 11 heteroatoms. The average Bonchev–Trinajstić information content (AvgIpc) is 3.66. The maximum Gasteiger partial charge on any atom is 0.268 e. The molecule has 1 aromatic carbocycles. The summed E-state index contributed by atoms with van der Waals surface area (Å²) in [7, 11) is 0. The monoisotopic (exact) mass is 581 g/mol. The van der Waals surface area contributed by atoms with Crippen LogP contribution in [0.5, 0.6) is 0 Å². The lowest BCUT2D eigenvalue weighted by atomic mass is 10.0. The van der Waals surface area contributed by atoms with Gasteiger partial charge in [-0.3, -0.25) is 9.59 Å². The van der Waals surface area contributed by atoms with Gasteiger partial charge in [-0.15, -0.1) is 11.3 Å². The van der Waals surface area contributed by atoms with Crippen LogP contribution in [0, 0.1) is 0 Å². The Morgan fingerprint density at radius 1 is 1.18 bits per heavy atom. The number of rotatable bonds is 7. The molecule has 0 spiro atoms. The number of carbonyl (C=O) groups is 2. The second kappa shape index (κ2) is 11.0. The smallest absolute Gasteiger partial charge is 0.268 e. The number of carbonyl (C=O) groups excluding carboxylic acids is 2. The zero-order valence-corrected chi connectivity index (χ0v) is 24.0.